The van der Waals surface area contributed by atoms with Crippen LogP contribution >= 0.6 is 0 Å². The van der Waals surface area contributed by atoms with Gasteiger partial charge in [0.2, 0.25) is 12.3 Å². The van der Waals surface area contributed by atoms with E-state index >= 15 is 0 Å². The fourth-order valence-electron chi connectivity index (χ4n) is 6.61. The van der Waals surface area contributed by atoms with E-state index in [9.17, 15) is 33.9 Å². The monoisotopic (exact) mass is 872 g/mol. The van der Waals surface area contributed by atoms with E-state index in [1.165, 1.54) is 43.6 Å². The third-order valence-electron chi connectivity index (χ3n) is 10.6. The molecule has 2 aromatic heterocycles. The van der Waals surface area contributed by atoms with Crippen LogP contribution < -0.4 is 5.73 Å². The molecular formula is C44H64N4O14. The van der Waals surface area contributed by atoms with Gasteiger partial charge in [0.25, 0.3) is 5.89 Å². The summed E-state index contributed by atoms with van der Waals surface area (Å²) in [5.74, 6) is -3.99. The van der Waals surface area contributed by atoms with E-state index in [0.717, 1.165) is 6.26 Å². The summed E-state index contributed by atoms with van der Waals surface area (Å²) < 4.78 is 38.1. The van der Waals surface area contributed by atoms with Crippen LogP contribution in [-0.4, -0.2) is 116 Å². The molecule has 0 aliphatic heterocycles. The lowest BCUT2D eigenvalue weighted by molar-refractivity contribution is -0.156. The highest BCUT2D eigenvalue weighted by Crippen LogP contribution is 2.30. The van der Waals surface area contributed by atoms with Gasteiger partial charge in [0.05, 0.1) is 37.8 Å². The summed E-state index contributed by atoms with van der Waals surface area (Å²) >= 11 is 0. The van der Waals surface area contributed by atoms with Crippen molar-refractivity contribution in [1.29, 1.82) is 0 Å². The molecule has 0 spiro atoms. The number of nitrogens with zero attached hydrogens (tertiary/aromatic N) is 3. The molecule has 0 saturated heterocycles. The van der Waals surface area contributed by atoms with Gasteiger partial charge in [-0.15, -0.1) is 0 Å². The van der Waals surface area contributed by atoms with Crippen LogP contribution in [0.5, 0.6) is 0 Å². The van der Waals surface area contributed by atoms with Crippen LogP contribution in [0, 0.1) is 23.7 Å². The van der Waals surface area contributed by atoms with Crippen LogP contribution in [0.4, 0.5) is 0 Å². The summed E-state index contributed by atoms with van der Waals surface area (Å²) in [6.07, 6.45) is 11.2. The standard InChI is InChI=1S/C44H64N4O14/c1-27(14-10-11-18-39(53)58-8)38(23-37(57-7)28(2)19-20-35(52)29(3)36(56-6)17-13-21-48(5)26-49)62-40(54)22-31(50)15-12-16-34(51)30(4)41(59-9)32-24-60-43(46-32)33-25-61-44(47-33)42(45)55/h11-13,16,18,21,24-31,36-38,41,50H,10,14-15,17,19-20,22-23H2,1-9H3,(H2,45,55)/t27-,28+,29+,30+,31-,36-,37+,38+,41+/m1/s1. The van der Waals surface area contributed by atoms with Crippen molar-refractivity contribution in [2.75, 3.05) is 35.5 Å². The van der Waals surface area contributed by atoms with Crippen LogP contribution in [0.25, 0.3) is 11.6 Å². The number of nitrogens with two attached hydrogens (primary N) is 1. The minimum atomic E-state index is -1.16. The molecule has 344 valence electrons. The van der Waals surface area contributed by atoms with E-state index in [4.69, 9.17) is 33.5 Å². The van der Waals surface area contributed by atoms with Crippen molar-refractivity contribution in [2.24, 2.45) is 29.4 Å². The molecule has 18 nitrogen and oxygen atoms in total. The molecule has 2 aromatic rings. The molecule has 0 unspecified atom stereocenters. The molecule has 0 aliphatic carbocycles. The summed E-state index contributed by atoms with van der Waals surface area (Å²) in [4.78, 5) is 83.0. The quantitative estimate of drug-likeness (QED) is 0.0567. The van der Waals surface area contributed by atoms with Gasteiger partial charge in [0, 0.05) is 59.4 Å². The maximum atomic E-state index is 13.3. The third kappa shape index (κ3) is 17.6. The molecule has 2 heterocycles. The highest BCUT2D eigenvalue weighted by molar-refractivity contribution is 5.92. The first-order chi connectivity index (χ1) is 29.5. The Kier molecular flexibility index (Phi) is 23.5. The predicted molar refractivity (Wildman–Crippen MR) is 225 cm³/mol. The van der Waals surface area contributed by atoms with Gasteiger partial charge in [-0.05, 0) is 50.0 Å². The Labute approximate surface area is 363 Å². The number of aliphatic hydroxyl groups excluding tert-OH is 1. The fourth-order valence-corrected chi connectivity index (χ4v) is 6.61. The summed E-state index contributed by atoms with van der Waals surface area (Å²) in [7, 11) is 7.43. The molecule has 3 N–H and O–H groups in total. The summed E-state index contributed by atoms with van der Waals surface area (Å²) in [6.45, 7) is 7.35. The van der Waals surface area contributed by atoms with Gasteiger partial charge in [0.1, 0.15) is 36.2 Å². The predicted octanol–water partition coefficient (Wildman–Crippen LogP) is 5.11. The van der Waals surface area contributed by atoms with Crippen LogP contribution in [0.2, 0.25) is 0 Å². The lowest BCUT2D eigenvalue weighted by atomic mass is 9.86. The van der Waals surface area contributed by atoms with Gasteiger partial charge < -0.3 is 48.3 Å². The molecule has 0 saturated carbocycles. The Morgan fingerprint density at radius 1 is 0.839 bits per heavy atom. The van der Waals surface area contributed by atoms with Crippen molar-refractivity contribution in [3.8, 4) is 11.6 Å². The van der Waals surface area contributed by atoms with Crippen LogP contribution in [0.1, 0.15) is 102 Å². The number of amides is 2. The number of hydrogen-bond donors (Lipinski definition) is 2. The van der Waals surface area contributed by atoms with Crippen LogP contribution in [0.15, 0.2) is 57.9 Å². The number of primary amides is 1. The summed E-state index contributed by atoms with van der Waals surface area (Å²) in [5, 5.41) is 10.8. The molecule has 2 rings (SSSR count). The van der Waals surface area contributed by atoms with E-state index < -0.39 is 48.0 Å². The highest BCUT2D eigenvalue weighted by atomic mass is 16.5. The largest absolute Gasteiger partial charge is 0.466 e. The van der Waals surface area contributed by atoms with Crippen molar-refractivity contribution in [1.82, 2.24) is 14.9 Å². The Balaban J connectivity index is 2.05. The van der Waals surface area contributed by atoms with Gasteiger partial charge in [-0.3, -0.25) is 24.0 Å². The minimum absolute atomic E-state index is 0.0214. The lowest BCUT2D eigenvalue weighted by Gasteiger charge is -2.31. The number of ketones is 2. The number of esters is 2. The van der Waals surface area contributed by atoms with Gasteiger partial charge in [0.15, 0.2) is 11.5 Å². The average molecular weight is 873 g/mol. The van der Waals surface area contributed by atoms with E-state index in [1.54, 1.807) is 46.5 Å². The van der Waals surface area contributed by atoms with Crippen molar-refractivity contribution in [2.45, 2.75) is 110 Å². The highest BCUT2D eigenvalue weighted by Gasteiger charge is 2.31. The zero-order chi connectivity index (χ0) is 46.4. The Morgan fingerprint density at radius 3 is 2.15 bits per heavy atom. The topological polar surface area (TPSA) is 250 Å². The van der Waals surface area contributed by atoms with E-state index in [0.29, 0.717) is 44.2 Å². The minimum Gasteiger partial charge on any atom is -0.466 e. The first-order valence-electron chi connectivity index (χ1n) is 20.5. The number of allylic oxidation sites excluding steroid dienone is 2. The zero-order valence-corrected chi connectivity index (χ0v) is 37.2. The number of rotatable bonds is 31. The normalized spacial score (nSPS) is 16.3. The maximum Gasteiger partial charge on any atom is 0.330 e. The summed E-state index contributed by atoms with van der Waals surface area (Å²) in [5.41, 5.74) is 5.61. The number of carbonyl (C=O) groups excluding carboxylic acids is 6. The van der Waals surface area contributed by atoms with E-state index in [2.05, 4.69) is 14.7 Å². The van der Waals surface area contributed by atoms with Crippen molar-refractivity contribution < 1.29 is 66.4 Å². The lowest BCUT2D eigenvalue weighted by Crippen LogP contribution is -2.34. The molecule has 0 aliphatic rings. The van der Waals surface area contributed by atoms with Crippen molar-refractivity contribution in [3.05, 3.63) is 60.7 Å². The number of ether oxygens (including phenoxy) is 5. The Bertz CT molecular complexity index is 1820. The summed E-state index contributed by atoms with van der Waals surface area (Å²) in [6, 6.07) is 0. The van der Waals surface area contributed by atoms with Crippen molar-refractivity contribution in [3.63, 3.8) is 0 Å². The first kappa shape index (κ1) is 52.8. The van der Waals surface area contributed by atoms with Gasteiger partial charge in [-0.1, -0.05) is 45.9 Å². The molecular weight excluding hydrogens is 808 g/mol. The number of oxazole rings is 2. The van der Waals surface area contributed by atoms with Crippen molar-refractivity contribution >= 4 is 35.8 Å². The zero-order valence-electron chi connectivity index (χ0n) is 37.2. The van der Waals surface area contributed by atoms with Gasteiger partial charge in [-0.25, -0.2) is 9.78 Å². The Hall–Kier alpha value is -5.30. The second-order valence-corrected chi connectivity index (χ2v) is 15.3. The number of methoxy groups -OCH3 is 4. The Morgan fingerprint density at radius 2 is 1.53 bits per heavy atom. The SMILES string of the molecule is COC(=O)C=CCC[C@@H](C)[C@H](C[C@H](OC)[C@@H](C)CCC(=O)[C@H](C)[C@@H](CC=CN(C)C=O)OC)OC(=O)C[C@H](O)CC=CC(=O)[C@H](C)[C@H](OC)c1coc(-c2coc(C(N)=O)n2)n1. The van der Waals surface area contributed by atoms with Gasteiger partial charge >= 0.3 is 17.8 Å². The van der Waals surface area contributed by atoms with E-state index in [1.807, 2.05) is 20.8 Å². The molecule has 0 bridgehead atoms. The second-order valence-electron chi connectivity index (χ2n) is 15.3. The molecule has 9 atom stereocenters. The number of carbonyl (C=O) groups is 6. The second kappa shape index (κ2) is 27.6. The fraction of sp³-hybridized carbons (Fsp3) is 0.591. The number of aromatic nitrogens is 2. The first-order valence-corrected chi connectivity index (χ1v) is 20.5. The molecule has 62 heavy (non-hydrogen) atoms. The molecule has 0 fully saturated rings. The molecule has 18 heteroatoms. The van der Waals surface area contributed by atoms with Crippen LogP contribution in [0.3, 0.4) is 0 Å². The molecule has 2 amide bonds. The number of aliphatic hydroxyl groups is 1. The maximum absolute atomic E-state index is 13.3. The molecule has 0 radical (unpaired) electrons. The average Bonchev–Trinajstić information content (AvgIpc) is 3.95. The third-order valence-corrected chi connectivity index (χ3v) is 10.6. The smallest absolute Gasteiger partial charge is 0.330 e. The number of Topliss-reactive ketones (excluding diaryl/α,β-unsaturated/α-hetero) is 1. The van der Waals surface area contributed by atoms with E-state index in [-0.39, 0.29) is 72.3 Å². The number of hydrogen-bond acceptors (Lipinski definition) is 16. The van der Waals surface area contributed by atoms with Crippen LogP contribution in [-0.2, 0) is 47.7 Å². The molecule has 0 aromatic carbocycles. The van der Waals surface area contributed by atoms with Gasteiger partial charge in [-0.2, -0.15) is 4.98 Å².